The van der Waals surface area contributed by atoms with E-state index < -0.39 is 11.9 Å². The molecule has 44 heavy (non-hydrogen) atoms. The van der Waals surface area contributed by atoms with Crippen molar-refractivity contribution >= 4 is 42.5 Å². The van der Waals surface area contributed by atoms with Crippen LogP contribution in [0.15, 0.2) is 29.5 Å². The molecular weight excluding hydrogens is 580 g/mol. The van der Waals surface area contributed by atoms with Crippen molar-refractivity contribution in [2.75, 3.05) is 0 Å². The fourth-order valence-corrected chi connectivity index (χ4v) is 6.98. The SMILES string of the molecule is C=CC1=C(C)C(Cc2[nH]c(Cc3[nH]c(/C=C4\NC(=O)[C@H](C)[C@H]4[C@H](C)S)c(C)c3CCC(=O)O)c(CCC(=O)O)c2C)NC1=O. The molecular formula is C33H42N4O6S. The van der Waals surface area contributed by atoms with Gasteiger partial charge in [-0.15, -0.1) is 0 Å². The first kappa shape index (κ1) is 32.9. The lowest BCUT2D eigenvalue weighted by Gasteiger charge is -2.17. The van der Waals surface area contributed by atoms with Gasteiger partial charge >= 0.3 is 11.9 Å². The highest BCUT2D eigenvalue weighted by Crippen LogP contribution is 2.35. The van der Waals surface area contributed by atoms with Crippen molar-refractivity contribution in [2.45, 2.75) is 84.4 Å². The van der Waals surface area contributed by atoms with Gasteiger partial charge in [0.05, 0.1) is 6.04 Å². The number of nitrogens with one attached hydrogen (secondary N) is 4. The summed E-state index contributed by atoms with van der Waals surface area (Å²) in [6.07, 6.45) is 4.93. The van der Waals surface area contributed by atoms with Crippen LogP contribution in [-0.4, -0.2) is 55.2 Å². The molecule has 0 radical (unpaired) electrons. The van der Waals surface area contributed by atoms with Crippen LogP contribution in [0.5, 0.6) is 0 Å². The number of amides is 2. The van der Waals surface area contributed by atoms with Crippen molar-refractivity contribution in [1.29, 1.82) is 0 Å². The van der Waals surface area contributed by atoms with Crippen LogP contribution in [0.3, 0.4) is 0 Å². The Kier molecular flexibility index (Phi) is 9.98. The molecule has 1 fully saturated rings. The summed E-state index contributed by atoms with van der Waals surface area (Å²) in [4.78, 5) is 55.0. The number of hydrogen-bond donors (Lipinski definition) is 7. The highest BCUT2D eigenvalue weighted by molar-refractivity contribution is 7.80. The Morgan fingerprint density at radius 2 is 1.57 bits per heavy atom. The first-order valence-corrected chi connectivity index (χ1v) is 15.4. The summed E-state index contributed by atoms with van der Waals surface area (Å²) in [7, 11) is 0. The van der Waals surface area contributed by atoms with Crippen molar-refractivity contribution in [3.05, 3.63) is 74.5 Å². The van der Waals surface area contributed by atoms with E-state index in [9.17, 15) is 29.4 Å². The summed E-state index contributed by atoms with van der Waals surface area (Å²) >= 11 is 4.63. The van der Waals surface area contributed by atoms with E-state index in [0.717, 1.165) is 56.3 Å². The number of carbonyl (C=O) groups is 4. The first-order chi connectivity index (χ1) is 20.7. The molecule has 0 aliphatic carbocycles. The topological polar surface area (TPSA) is 164 Å². The van der Waals surface area contributed by atoms with Crippen LogP contribution in [-0.2, 0) is 44.9 Å². The number of rotatable bonds is 13. The minimum absolute atomic E-state index is 0.0427. The van der Waals surface area contributed by atoms with Crippen molar-refractivity contribution < 1.29 is 29.4 Å². The summed E-state index contributed by atoms with van der Waals surface area (Å²) in [5.74, 6) is -2.34. The second kappa shape index (κ2) is 13.3. The number of aliphatic carboxylic acids is 2. The van der Waals surface area contributed by atoms with E-state index in [1.165, 1.54) is 0 Å². The molecule has 2 amide bonds. The van der Waals surface area contributed by atoms with E-state index in [4.69, 9.17) is 0 Å². The van der Waals surface area contributed by atoms with Crippen molar-refractivity contribution in [3.8, 4) is 0 Å². The molecule has 4 atom stereocenters. The summed E-state index contributed by atoms with van der Waals surface area (Å²) in [6, 6.07) is -0.212. The van der Waals surface area contributed by atoms with Gasteiger partial charge in [0.1, 0.15) is 0 Å². The molecule has 0 aromatic carbocycles. The van der Waals surface area contributed by atoms with Gasteiger partial charge in [-0.2, -0.15) is 12.6 Å². The van der Waals surface area contributed by atoms with E-state index in [2.05, 4.69) is 39.8 Å². The maximum absolute atomic E-state index is 12.5. The number of carboxylic acid groups (broad SMARTS) is 2. The first-order valence-electron chi connectivity index (χ1n) is 14.9. The van der Waals surface area contributed by atoms with Gasteiger partial charge < -0.3 is 30.8 Å². The smallest absolute Gasteiger partial charge is 0.303 e. The van der Waals surface area contributed by atoms with Gasteiger partial charge in [0.2, 0.25) is 5.91 Å². The largest absolute Gasteiger partial charge is 0.481 e. The molecule has 2 aromatic rings. The lowest BCUT2D eigenvalue weighted by Crippen LogP contribution is -2.30. The van der Waals surface area contributed by atoms with E-state index in [-0.39, 0.29) is 47.8 Å². The Balaban J connectivity index is 1.75. The fraction of sp³-hybridized carbons (Fsp3) is 0.455. The van der Waals surface area contributed by atoms with E-state index >= 15 is 0 Å². The quantitative estimate of drug-likeness (QED) is 0.166. The standard InChI is InChI=1S/C33H42N4O6S/c1-7-20-15(2)25(36-33(20)43)12-23-16(3)21(8-10-29(38)39)26(34-23)14-27-22(9-11-30(40)41)17(4)24(35-27)13-28-31(19(6)44)18(5)32(42)37-28/h7,13,18-19,25,31,34-35,44H,1,8-12,14H2,2-6H3,(H,36,43)(H,37,42)(H,38,39)(H,40,41)/b28-13-/t18-,19+,25?,31+/m1/s1. The van der Waals surface area contributed by atoms with Gasteiger partial charge in [-0.25, -0.2) is 0 Å². The second-order valence-electron chi connectivity index (χ2n) is 11.9. The van der Waals surface area contributed by atoms with Gasteiger partial charge in [-0.3, -0.25) is 19.2 Å². The predicted molar refractivity (Wildman–Crippen MR) is 172 cm³/mol. The van der Waals surface area contributed by atoms with Crippen LogP contribution < -0.4 is 10.6 Å². The molecule has 0 saturated carbocycles. The number of carboxylic acids is 2. The monoisotopic (exact) mass is 622 g/mol. The third-order valence-electron chi connectivity index (χ3n) is 9.12. The van der Waals surface area contributed by atoms with Crippen LogP contribution in [0.4, 0.5) is 0 Å². The Morgan fingerprint density at radius 1 is 0.977 bits per heavy atom. The Morgan fingerprint density at radius 3 is 2.11 bits per heavy atom. The number of allylic oxidation sites excluding steroid dienone is 1. The molecule has 2 aromatic heterocycles. The number of aromatic amines is 2. The fourth-order valence-electron chi connectivity index (χ4n) is 6.56. The molecule has 0 spiro atoms. The third-order valence-corrected chi connectivity index (χ3v) is 9.44. The summed E-state index contributed by atoms with van der Waals surface area (Å²) in [6.45, 7) is 13.4. The second-order valence-corrected chi connectivity index (χ2v) is 12.8. The van der Waals surface area contributed by atoms with Gasteiger partial charge in [0, 0.05) is 76.8 Å². The molecule has 4 heterocycles. The van der Waals surface area contributed by atoms with E-state index in [1.807, 2.05) is 40.7 Å². The minimum Gasteiger partial charge on any atom is -0.481 e. The van der Waals surface area contributed by atoms with E-state index in [0.29, 0.717) is 31.3 Å². The summed E-state index contributed by atoms with van der Waals surface area (Å²) < 4.78 is 0. The number of H-pyrrole nitrogens is 2. The lowest BCUT2D eigenvalue weighted by molar-refractivity contribution is -0.138. The van der Waals surface area contributed by atoms with Gasteiger partial charge in [-0.05, 0) is 67.5 Å². The van der Waals surface area contributed by atoms with Gasteiger partial charge in [0.25, 0.3) is 5.91 Å². The zero-order valence-corrected chi connectivity index (χ0v) is 26.8. The normalized spacial score (nSPS) is 21.6. The molecule has 11 heteroatoms. The third kappa shape index (κ3) is 6.72. The highest BCUT2D eigenvalue weighted by Gasteiger charge is 2.38. The minimum atomic E-state index is -0.904. The maximum Gasteiger partial charge on any atom is 0.303 e. The molecule has 0 bridgehead atoms. The molecule has 2 aliphatic rings. The molecule has 10 nitrogen and oxygen atoms in total. The van der Waals surface area contributed by atoms with Crippen LogP contribution in [0.1, 0.15) is 78.6 Å². The molecule has 1 saturated heterocycles. The van der Waals surface area contributed by atoms with Gasteiger partial charge in [0.15, 0.2) is 0 Å². The number of hydrogen-bond acceptors (Lipinski definition) is 5. The Hall–Kier alpha value is -3.99. The molecule has 1 unspecified atom stereocenters. The highest BCUT2D eigenvalue weighted by atomic mass is 32.1. The average molecular weight is 623 g/mol. The van der Waals surface area contributed by atoms with Crippen LogP contribution in [0.25, 0.3) is 6.08 Å². The zero-order valence-electron chi connectivity index (χ0n) is 25.9. The zero-order chi connectivity index (χ0) is 32.5. The number of carbonyl (C=O) groups excluding carboxylic acids is 2. The van der Waals surface area contributed by atoms with E-state index in [1.54, 1.807) is 6.08 Å². The lowest BCUT2D eigenvalue weighted by atomic mass is 9.91. The van der Waals surface area contributed by atoms with Gasteiger partial charge in [-0.1, -0.05) is 26.5 Å². The number of aromatic nitrogens is 2. The van der Waals surface area contributed by atoms with Crippen LogP contribution in [0.2, 0.25) is 0 Å². The van der Waals surface area contributed by atoms with Crippen molar-refractivity contribution in [3.63, 3.8) is 0 Å². The Labute approximate surface area is 262 Å². The molecule has 236 valence electrons. The Bertz CT molecular complexity index is 1580. The molecule has 2 aliphatic heterocycles. The molecule has 4 rings (SSSR count). The average Bonchev–Trinajstić information content (AvgIpc) is 3.59. The maximum atomic E-state index is 12.5. The number of thiol groups is 1. The molecule has 6 N–H and O–H groups in total. The van der Waals surface area contributed by atoms with Crippen molar-refractivity contribution in [2.24, 2.45) is 11.8 Å². The van der Waals surface area contributed by atoms with Crippen LogP contribution >= 0.6 is 12.6 Å². The summed E-state index contributed by atoms with van der Waals surface area (Å²) in [5.41, 5.74) is 9.22. The predicted octanol–water partition coefficient (Wildman–Crippen LogP) is 4.17. The summed E-state index contributed by atoms with van der Waals surface area (Å²) in [5, 5.41) is 24.9. The van der Waals surface area contributed by atoms with Crippen LogP contribution in [0, 0.1) is 25.7 Å². The van der Waals surface area contributed by atoms with Crippen molar-refractivity contribution in [1.82, 2.24) is 20.6 Å².